The minimum Gasteiger partial charge on any atom is -0.488 e. The lowest BCUT2D eigenvalue weighted by Gasteiger charge is -2.37. The van der Waals surface area contributed by atoms with Crippen molar-refractivity contribution in [1.82, 2.24) is 4.90 Å². The zero-order chi connectivity index (χ0) is 12.3. The minimum atomic E-state index is 0.134. The summed E-state index contributed by atoms with van der Waals surface area (Å²) < 4.78 is 5.56. The fourth-order valence-corrected chi connectivity index (χ4v) is 1.74. The smallest absolute Gasteiger partial charge is 0.163 e. The monoisotopic (exact) mass is 220 g/mol. The van der Waals surface area contributed by atoms with Gasteiger partial charge < -0.3 is 9.64 Å². The maximum absolute atomic E-state index is 7.96. The Hall–Kier alpha value is -1.51. The largest absolute Gasteiger partial charge is 0.488 e. The van der Waals surface area contributed by atoms with Gasteiger partial charge in [0.2, 0.25) is 0 Å². The second-order valence-corrected chi connectivity index (χ2v) is 4.01. The SMILES string of the molecule is C=C/C(C)=C(\C)C1CO/C(=C/C)C(=N)N1C. The van der Waals surface area contributed by atoms with Gasteiger partial charge in [-0.2, -0.15) is 0 Å². The second kappa shape index (κ2) is 5.01. The fraction of sp³-hybridized carbons (Fsp3) is 0.462. The Balaban J connectivity index is 2.96. The molecule has 1 aliphatic heterocycles. The molecule has 0 amide bonds. The average Bonchev–Trinajstić information content (AvgIpc) is 2.30. The Morgan fingerprint density at radius 2 is 2.19 bits per heavy atom. The Kier molecular flexibility index (Phi) is 3.93. The number of amidine groups is 1. The van der Waals surface area contributed by atoms with Crippen LogP contribution in [-0.2, 0) is 4.74 Å². The summed E-state index contributed by atoms with van der Waals surface area (Å²) in [5.41, 5.74) is 2.36. The van der Waals surface area contributed by atoms with Gasteiger partial charge in [-0.05, 0) is 32.4 Å². The van der Waals surface area contributed by atoms with E-state index in [1.54, 1.807) is 0 Å². The maximum atomic E-state index is 7.96. The number of allylic oxidation sites excluding steroid dienone is 3. The first-order valence-electron chi connectivity index (χ1n) is 5.43. The van der Waals surface area contributed by atoms with Gasteiger partial charge in [-0.1, -0.05) is 18.2 Å². The highest BCUT2D eigenvalue weighted by atomic mass is 16.5. The fourth-order valence-electron chi connectivity index (χ4n) is 1.74. The summed E-state index contributed by atoms with van der Waals surface area (Å²) in [5.74, 6) is 1.10. The van der Waals surface area contributed by atoms with Crippen LogP contribution in [0, 0.1) is 5.41 Å². The van der Waals surface area contributed by atoms with Gasteiger partial charge in [-0.15, -0.1) is 0 Å². The summed E-state index contributed by atoms with van der Waals surface area (Å²) in [6.45, 7) is 10.3. The highest BCUT2D eigenvalue weighted by molar-refractivity contribution is 5.94. The molecule has 1 unspecified atom stereocenters. The molecule has 0 bridgehead atoms. The highest BCUT2D eigenvalue weighted by Gasteiger charge is 2.28. The highest BCUT2D eigenvalue weighted by Crippen LogP contribution is 2.22. The zero-order valence-corrected chi connectivity index (χ0v) is 10.5. The number of morpholine rings is 1. The van der Waals surface area contributed by atoms with Crippen LogP contribution in [-0.4, -0.2) is 30.4 Å². The Morgan fingerprint density at radius 1 is 1.56 bits per heavy atom. The lowest BCUT2D eigenvalue weighted by atomic mass is 10.0. The second-order valence-electron chi connectivity index (χ2n) is 4.01. The molecule has 0 aromatic carbocycles. The first kappa shape index (κ1) is 12.6. The molecule has 1 aliphatic rings. The Bertz CT molecular complexity index is 366. The molecule has 3 heteroatoms. The van der Waals surface area contributed by atoms with Crippen LogP contribution in [0.2, 0.25) is 0 Å². The molecule has 0 aromatic heterocycles. The van der Waals surface area contributed by atoms with Gasteiger partial charge in [0.1, 0.15) is 6.61 Å². The van der Waals surface area contributed by atoms with E-state index in [4.69, 9.17) is 10.1 Å². The van der Waals surface area contributed by atoms with Crippen molar-refractivity contribution in [3.8, 4) is 0 Å². The summed E-state index contributed by atoms with van der Waals surface area (Å²) >= 11 is 0. The van der Waals surface area contributed by atoms with Gasteiger partial charge >= 0.3 is 0 Å². The van der Waals surface area contributed by atoms with Crippen molar-refractivity contribution >= 4 is 5.84 Å². The summed E-state index contributed by atoms with van der Waals surface area (Å²) in [7, 11) is 1.93. The van der Waals surface area contributed by atoms with Crippen LogP contribution in [0.3, 0.4) is 0 Å². The Labute approximate surface area is 97.6 Å². The third kappa shape index (κ3) is 2.18. The Morgan fingerprint density at radius 3 is 2.69 bits per heavy atom. The molecule has 0 spiro atoms. The number of hydrogen-bond acceptors (Lipinski definition) is 2. The molecule has 1 atom stereocenters. The zero-order valence-electron chi connectivity index (χ0n) is 10.5. The van der Waals surface area contributed by atoms with Crippen molar-refractivity contribution in [2.45, 2.75) is 26.8 Å². The molecule has 88 valence electrons. The van der Waals surface area contributed by atoms with Gasteiger partial charge in [0.25, 0.3) is 0 Å². The molecule has 1 fully saturated rings. The number of hydrogen-bond donors (Lipinski definition) is 1. The molecule has 1 N–H and O–H groups in total. The number of ether oxygens (including phenoxy) is 1. The molecule has 0 saturated carbocycles. The predicted molar refractivity (Wildman–Crippen MR) is 67.6 cm³/mol. The van der Waals surface area contributed by atoms with Gasteiger partial charge in [0.05, 0.1) is 6.04 Å². The predicted octanol–water partition coefficient (Wildman–Crippen LogP) is 2.72. The molecule has 3 nitrogen and oxygen atoms in total. The van der Waals surface area contributed by atoms with Gasteiger partial charge in [0, 0.05) is 7.05 Å². The minimum absolute atomic E-state index is 0.134. The molecule has 1 saturated heterocycles. The van der Waals surface area contributed by atoms with E-state index in [2.05, 4.69) is 13.5 Å². The number of nitrogens with one attached hydrogen (secondary N) is 1. The van der Waals surface area contributed by atoms with Crippen LogP contribution < -0.4 is 0 Å². The van der Waals surface area contributed by atoms with Crippen molar-refractivity contribution in [3.63, 3.8) is 0 Å². The number of likely N-dealkylation sites (N-methyl/N-ethyl adjacent to an activating group) is 1. The molecule has 16 heavy (non-hydrogen) atoms. The van der Waals surface area contributed by atoms with E-state index >= 15 is 0 Å². The van der Waals surface area contributed by atoms with Gasteiger partial charge in [0.15, 0.2) is 11.6 Å². The molecule has 1 heterocycles. The third-order valence-corrected chi connectivity index (χ3v) is 3.14. The van der Waals surface area contributed by atoms with Crippen LogP contribution in [0.25, 0.3) is 0 Å². The van der Waals surface area contributed by atoms with E-state index in [0.29, 0.717) is 18.2 Å². The first-order valence-corrected chi connectivity index (χ1v) is 5.43. The van der Waals surface area contributed by atoms with E-state index in [1.165, 1.54) is 5.57 Å². The lowest BCUT2D eigenvalue weighted by Crippen LogP contribution is -2.46. The number of rotatable bonds is 2. The van der Waals surface area contributed by atoms with Crippen molar-refractivity contribution in [2.24, 2.45) is 0 Å². The first-order chi connectivity index (χ1) is 7.52. The molecule has 0 aliphatic carbocycles. The van der Waals surface area contributed by atoms with Crippen LogP contribution in [0.4, 0.5) is 0 Å². The van der Waals surface area contributed by atoms with E-state index < -0.39 is 0 Å². The van der Waals surface area contributed by atoms with Gasteiger partial charge in [-0.25, -0.2) is 0 Å². The molecule has 0 radical (unpaired) electrons. The van der Waals surface area contributed by atoms with Gasteiger partial charge in [-0.3, -0.25) is 5.41 Å². The topological polar surface area (TPSA) is 36.3 Å². The molecule has 1 rings (SSSR count). The summed E-state index contributed by atoms with van der Waals surface area (Å²) in [6, 6.07) is 0.134. The molecular formula is C13H20N2O. The van der Waals surface area contributed by atoms with Crippen molar-refractivity contribution in [2.75, 3.05) is 13.7 Å². The molecule has 0 aromatic rings. The lowest BCUT2D eigenvalue weighted by molar-refractivity contribution is 0.142. The van der Waals surface area contributed by atoms with Crippen molar-refractivity contribution < 1.29 is 4.74 Å². The molecular weight excluding hydrogens is 200 g/mol. The summed E-state index contributed by atoms with van der Waals surface area (Å²) in [6.07, 6.45) is 3.67. The standard InChI is InChI=1S/C13H20N2O/c1-6-9(3)10(4)11-8-16-12(7-2)13(14)15(11)5/h6-7,11,14H,1,8H2,2-5H3/b10-9+,12-7+,14-13?. The quantitative estimate of drug-likeness (QED) is 0.726. The normalized spacial score (nSPS) is 25.2. The van der Waals surface area contributed by atoms with Crippen molar-refractivity contribution in [1.29, 1.82) is 5.41 Å². The summed E-state index contributed by atoms with van der Waals surface area (Å²) in [4.78, 5) is 1.95. The number of nitrogens with zero attached hydrogens (tertiary/aromatic N) is 1. The average molecular weight is 220 g/mol. The van der Waals surface area contributed by atoms with Crippen LogP contribution in [0.1, 0.15) is 20.8 Å². The van der Waals surface area contributed by atoms with E-state index in [-0.39, 0.29) is 6.04 Å². The third-order valence-electron chi connectivity index (χ3n) is 3.14. The van der Waals surface area contributed by atoms with Crippen LogP contribution in [0.15, 0.2) is 35.6 Å². The van der Waals surface area contributed by atoms with E-state index in [0.717, 1.165) is 5.57 Å². The summed E-state index contributed by atoms with van der Waals surface area (Å²) in [5, 5.41) is 7.96. The van der Waals surface area contributed by atoms with E-state index in [9.17, 15) is 0 Å². The van der Waals surface area contributed by atoms with Crippen molar-refractivity contribution in [3.05, 3.63) is 35.6 Å². The van der Waals surface area contributed by atoms with E-state index in [1.807, 2.05) is 37.9 Å². The van der Waals surface area contributed by atoms with Crippen LogP contribution in [0.5, 0.6) is 0 Å². The maximum Gasteiger partial charge on any atom is 0.163 e. The van der Waals surface area contributed by atoms with Crippen LogP contribution >= 0.6 is 0 Å².